The average Bonchev–Trinajstić information content (AvgIpc) is 4.10. The summed E-state index contributed by atoms with van der Waals surface area (Å²) in [5.41, 5.74) is 0.699. The van der Waals surface area contributed by atoms with Gasteiger partial charge in [-0.1, -0.05) is 74.3 Å². The molecular weight excluding hydrogens is 1160 g/mol. The summed E-state index contributed by atoms with van der Waals surface area (Å²) in [5, 5.41) is 10.1. The molecule has 4 N–H and O–H groups in total. The number of nitrogens with zero attached hydrogens (tertiary/aromatic N) is 4. The lowest BCUT2D eigenvalue weighted by Gasteiger charge is -2.29. The molecule has 2 atom stereocenters. The minimum Gasteiger partial charge on any atom is -0.489 e. The predicted molar refractivity (Wildman–Crippen MR) is 296 cm³/mol. The van der Waals surface area contributed by atoms with Crippen LogP contribution in [0.1, 0.15) is 81.4 Å². The van der Waals surface area contributed by atoms with Gasteiger partial charge in [0.25, 0.3) is 11.5 Å². The summed E-state index contributed by atoms with van der Waals surface area (Å²) in [4.78, 5) is 88.5. The number of aliphatic carboxylic acids is 1. The summed E-state index contributed by atoms with van der Waals surface area (Å²) < 4.78 is 82.7. The maximum Gasteiger partial charge on any atom is 0.431 e. The number of nitrogens with one attached hydrogen (secondary N) is 1. The number of aromatic nitrogens is 2. The number of carbonyl (C=O) groups excluding carboxylic acids is 3. The number of benzene rings is 3. The monoisotopic (exact) mass is 1220 g/mol. The Bertz CT molecular complexity index is 3020. The lowest BCUT2D eigenvalue weighted by Crippen LogP contribution is -2.45. The molecule has 28 heteroatoms. The molecule has 2 unspecified atom stereocenters. The zero-order valence-electron chi connectivity index (χ0n) is 45.8. The number of halogens is 6. The summed E-state index contributed by atoms with van der Waals surface area (Å²) in [7, 11) is -0.300. The molecule has 6 rings (SSSR count). The molecule has 81 heavy (non-hydrogen) atoms. The van der Waals surface area contributed by atoms with Gasteiger partial charge in [0.15, 0.2) is 10.9 Å². The fourth-order valence-corrected chi connectivity index (χ4v) is 8.49. The fourth-order valence-electron chi connectivity index (χ4n) is 7.70. The van der Waals surface area contributed by atoms with Gasteiger partial charge in [-0.25, -0.2) is 14.2 Å². The molecule has 0 spiro atoms. The molecule has 21 nitrogen and oxygen atoms in total. The highest BCUT2D eigenvalue weighted by Crippen LogP contribution is 2.37. The molecule has 2 amide bonds. The molecule has 1 saturated heterocycles. The number of hydrogen-bond donors (Lipinski definition) is 4. The molecule has 1 aliphatic rings. The first-order valence-corrected chi connectivity index (χ1v) is 27.9. The molecule has 0 saturated carbocycles. The van der Waals surface area contributed by atoms with Crippen molar-refractivity contribution >= 4 is 71.8 Å². The van der Waals surface area contributed by atoms with E-state index in [0.29, 0.717) is 44.6 Å². The number of alkyl halides is 6. The Morgan fingerprint density at radius 2 is 1.56 bits per heavy atom. The minimum atomic E-state index is -4.84. The van der Waals surface area contributed by atoms with Crippen LogP contribution in [0.2, 0.25) is 0 Å². The second-order valence-corrected chi connectivity index (χ2v) is 20.9. The van der Waals surface area contributed by atoms with Gasteiger partial charge in [-0.3, -0.25) is 38.5 Å². The predicted octanol–water partition coefficient (Wildman–Crippen LogP) is 8.14. The molecule has 0 radical (unpaired) electrons. The Balaban J connectivity index is 0.000000319. The van der Waals surface area contributed by atoms with E-state index in [9.17, 15) is 46.5 Å². The standard InChI is InChI=1S/C25H25F3N2O6.C14H20ClNO2.C11H13Cl2NO3.C3H8NO5P/c1-5-16-6-7-17(20(12-16)36-15(2)23(32)34-4)14-35-19-10-8-18(9-11-19)30-22(31)13-21(25(26,27)28)29(3)24(30)33;1-4-11-7-6-8-12(5-2)14(11)16(10-18-3)13(17)9-15;1-11(2)14(10(15)9(12)13)6-8(17-11)7-4-3-5-16-7;5-3(6)1-4-2-10(7,8)9/h6-13,15H,5,14H2,1-4H3;6-8H,4-5,9-10H2,1-3H3;3-5,8-9H,6H2,1-2H3;4H,1-2H2,(H,5,6)(H2,7,8,9). The second-order valence-electron chi connectivity index (χ2n) is 17.9. The Morgan fingerprint density at radius 3 is 2.05 bits per heavy atom. The van der Waals surface area contributed by atoms with E-state index < -0.39 is 72.1 Å². The molecule has 3 heterocycles. The van der Waals surface area contributed by atoms with Crippen LogP contribution < -0.4 is 30.9 Å². The third kappa shape index (κ3) is 20.6. The second kappa shape index (κ2) is 31.9. The van der Waals surface area contributed by atoms with E-state index in [-0.39, 0.29) is 42.8 Å². The third-order valence-corrected chi connectivity index (χ3v) is 13.0. The molecule has 0 aliphatic carbocycles. The van der Waals surface area contributed by atoms with Gasteiger partial charge in [0.05, 0.1) is 44.1 Å². The highest BCUT2D eigenvalue weighted by atomic mass is 35.5. The number of carboxylic acids is 1. The molecule has 1 fully saturated rings. The van der Waals surface area contributed by atoms with Crippen LogP contribution in [0.15, 0.2) is 99.1 Å². The number of ether oxygens (including phenoxy) is 5. The number of anilines is 1. The first kappa shape index (κ1) is 69.1. The fraction of sp³-hybridized carbons (Fsp3) is 0.434. The van der Waals surface area contributed by atoms with Gasteiger partial charge in [0.2, 0.25) is 5.91 Å². The van der Waals surface area contributed by atoms with E-state index in [0.717, 1.165) is 48.7 Å². The Hall–Kier alpha value is -6.21. The van der Waals surface area contributed by atoms with E-state index in [2.05, 4.69) is 19.2 Å². The van der Waals surface area contributed by atoms with Crippen molar-refractivity contribution in [3.8, 4) is 17.2 Å². The van der Waals surface area contributed by atoms with Gasteiger partial charge in [-0.2, -0.15) is 13.2 Å². The van der Waals surface area contributed by atoms with Crippen molar-refractivity contribution < 1.29 is 79.9 Å². The number of carboxylic acid groups (broad SMARTS) is 1. The number of esters is 1. The smallest absolute Gasteiger partial charge is 0.431 e. The van der Waals surface area contributed by atoms with Crippen molar-refractivity contribution in [2.45, 2.75) is 96.4 Å². The Kier molecular flexibility index (Phi) is 27.2. The first-order valence-electron chi connectivity index (χ1n) is 24.7. The SMILES string of the molecule is CC1(C)OC(c2ccco2)CN1C(=O)C(Cl)Cl.CCc1ccc(COc2ccc(-n3c(=O)cc(C(F)(F)F)n(C)c3=O)cc2)c(OC(C)C(=O)OC)c1.CCc1cccc(CC)c1N(COC)C(=O)CCl.O=C(O)CNCP(=O)(O)O. The molecule has 446 valence electrons. The zero-order chi connectivity index (χ0) is 61.0. The minimum absolute atomic E-state index is 0.0371. The first-order chi connectivity index (χ1) is 38.0. The van der Waals surface area contributed by atoms with E-state index in [1.165, 1.54) is 36.3 Å². The van der Waals surface area contributed by atoms with E-state index in [1.54, 1.807) is 45.1 Å². The van der Waals surface area contributed by atoms with Gasteiger partial charge < -0.3 is 47.9 Å². The Labute approximate surface area is 480 Å². The van der Waals surface area contributed by atoms with Crippen LogP contribution >= 0.6 is 42.4 Å². The summed E-state index contributed by atoms with van der Waals surface area (Å²) >= 11 is 16.9. The van der Waals surface area contributed by atoms with Crippen LogP contribution in [0.5, 0.6) is 11.5 Å². The quantitative estimate of drug-likeness (QED) is 0.0248. The number of aryl methyl sites for hydroxylation is 3. The van der Waals surface area contributed by atoms with Crippen LogP contribution in [0, 0.1) is 0 Å². The number of hydrogen-bond acceptors (Lipinski definition) is 14. The topological polar surface area (TPSA) is 268 Å². The van der Waals surface area contributed by atoms with E-state index in [4.69, 9.17) is 77.8 Å². The number of para-hydroxylation sites is 1. The molecular formula is C53H66Cl3F3N5O16P. The van der Waals surface area contributed by atoms with E-state index in [1.807, 2.05) is 49.4 Å². The molecule has 3 aromatic carbocycles. The molecule has 5 aromatic rings. The molecule has 0 bridgehead atoms. The lowest BCUT2D eigenvalue weighted by atomic mass is 10.0. The normalized spacial score (nSPS) is 14.0. The number of amides is 2. The van der Waals surface area contributed by atoms with Crippen LogP contribution in [0.25, 0.3) is 5.69 Å². The number of furan rings is 1. The zero-order valence-corrected chi connectivity index (χ0v) is 49.0. The summed E-state index contributed by atoms with van der Waals surface area (Å²) in [5.74, 6) is -0.663. The largest absolute Gasteiger partial charge is 0.489 e. The number of rotatable bonds is 20. The van der Waals surface area contributed by atoms with Crippen molar-refractivity contribution in [2.75, 3.05) is 51.1 Å². The van der Waals surface area contributed by atoms with E-state index >= 15 is 0 Å². The van der Waals surface area contributed by atoms with Crippen molar-refractivity contribution in [1.82, 2.24) is 19.4 Å². The van der Waals surface area contributed by atoms with Crippen LogP contribution in [-0.4, -0.2) is 116 Å². The van der Waals surface area contributed by atoms with Crippen LogP contribution in [-0.2, 0) is 77.0 Å². The van der Waals surface area contributed by atoms with Crippen molar-refractivity contribution in [1.29, 1.82) is 0 Å². The van der Waals surface area contributed by atoms with Gasteiger partial charge in [0, 0.05) is 25.8 Å². The maximum atomic E-state index is 13.1. The third-order valence-electron chi connectivity index (χ3n) is 11.7. The summed E-state index contributed by atoms with van der Waals surface area (Å²) in [6.45, 7) is 11.6. The van der Waals surface area contributed by atoms with Crippen molar-refractivity contribution in [2.24, 2.45) is 7.05 Å². The van der Waals surface area contributed by atoms with Crippen LogP contribution in [0.4, 0.5) is 18.9 Å². The number of methoxy groups -OCH3 is 2. The van der Waals surface area contributed by atoms with Crippen molar-refractivity contribution in [3.05, 3.63) is 140 Å². The summed E-state index contributed by atoms with van der Waals surface area (Å²) in [6, 6.07) is 21.4. The van der Waals surface area contributed by atoms with Gasteiger partial charge in [0.1, 0.15) is 54.0 Å². The highest BCUT2D eigenvalue weighted by molar-refractivity contribution is 7.51. The van der Waals surface area contributed by atoms with Gasteiger partial charge in [-0.15, -0.1) is 11.6 Å². The Morgan fingerprint density at radius 1 is 0.926 bits per heavy atom. The van der Waals surface area contributed by atoms with Crippen LogP contribution in [0.3, 0.4) is 0 Å². The molecule has 2 aromatic heterocycles. The van der Waals surface area contributed by atoms with Crippen molar-refractivity contribution in [3.63, 3.8) is 0 Å². The van der Waals surface area contributed by atoms with Gasteiger partial charge >= 0.3 is 31.4 Å². The lowest BCUT2D eigenvalue weighted by molar-refractivity contribution is -0.148. The average molecular weight is 1220 g/mol. The highest BCUT2D eigenvalue weighted by Gasteiger charge is 2.45. The summed E-state index contributed by atoms with van der Waals surface area (Å²) in [6.07, 6.45) is -2.47. The number of carbonyl (C=O) groups is 4. The maximum absolute atomic E-state index is 13.1. The van der Waals surface area contributed by atoms with Gasteiger partial charge in [-0.05, 0) is 99.2 Å². The molecule has 1 aliphatic heterocycles.